The van der Waals surface area contributed by atoms with Crippen molar-refractivity contribution in [3.8, 4) is 5.75 Å². The van der Waals surface area contributed by atoms with Gasteiger partial charge < -0.3 is 20.3 Å². The standard InChI is InChI=1S/C22H31N5O2/c1-16-13-20(26(2)25-16)27-12-5-8-18(15-27)23-21(28)24-22(10-6-11-22)17-7-4-9-19(14-17)29-3/h4,7,9,13-14,18H,5-6,8,10-12,15H2,1-3H3,(H2,23,24,28). The molecule has 0 spiro atoms. The molecule has 0 radical (unpaired) electrons. The highest BCUT2D eigenvalue weighted by Crippen LogP contribution is 2.42. The summed E-state index contributed by atoms with van der Waals surface area (Å²) in [5.74, 6) is 1.94. The number of nitrogens with zero attached hydrogens (tertiary/aromatic N) is 3. The van der Waals surface area contributed by atoms with E-state index in [0.717, 1.165) is 68.0 Å². The Morgan fingerprint density at radius 3 is 2.76 bits per heavy atom. The molecule has 1 aromatic carbocycles. The second-order valence-corrected chi connectivity index (χ2v) is 8.32. The molecule has 1 unspecified atom stereocenters. The molecule has 2 aliphatic rings. The minimum atomic E-state index is -0.286. The molecule has 29 heavy (non-hydrogen) atoms. The van der Waals surface area contributed by atoms with Crippen LogP contribution < -0.4 is 20.3 Å². The maximum atomic E-state index is 12.9. The summed E-state index contributed by atoms with van der Waals surface area (Å²) in [6.07, 6.45) is 5.08. The highest BCUT2D eigenvalue weighted by Gasteiger charge is 2.40. The molecule has 4 rings (SSSR count). The van der Waals surface area contributed by atoms with E-state index in [0.29, 0.717) is 0 Å². The summed E-state index contributed by atoms with van der Waals surface area (Å²) in [6, 6.07) is 10.2. The zero-order valence-electron chi connectivity index (χ0n) is 17.6. The number of carbonyl (C=O) groups is 1. The molecule has 2 aromatic rings. The number of ether oxygens (including phenoxy) is 1. The molecule has 1 saturated carbocycles. The molecule has 1 atom stereocenters. The van der Waals surface area contributed by atoms with Crippen molar-refractivity contribution < 1.29 is 9.53 Å². The zero-order valence-corrected chi connectivity index (χ0v) is 17.6. The minimum absolute atomic E-state index is 0.0828. The highest BCUT2D eigenvalue weighted by atomic mass is 16.5. The second-order valence-electron chi connectivity index (χ2n) is 8.32. The maximum absolute atomic E-state index is 12.9. The predicted octanol–water partition coefficient (Wildman–Crippen LogP) is 3.08. The van der Waals surface area contributed by atoms with E-state index in [9.17, 15) is 4.79 Å². The normalized spacial score (nSPS) is 20.7. The van der Waals surface area contributed by atoms with Gasteiger partial charge in [0.1, 0.15) is 11.6 Å². The van der Waals surface area contributed by atoms with E-state index in [1.807, 2.05) is 36.9 Å². The lowest BCUT2D eigenvalue weighted by Gasteiger charge is -2.43. The fourth-order valence-corrected chi connectivity index (χ4v) is 4.57. The van der Waals surface area contributed by atoms with Crippen LogP contribution in [-0.2, 0) is 12.6 Å². The Bertz CT molecular complexity index is 874. The summed E-state index contributed by atoms with van der Waals surface area (Å²) in [5.41, 5.74) is 1.85. The first kappa shape index (κ1) is 19.6. The third-order valence-corrected chi connectivity index (χ3v) is 6.24. The average molecular weight is 398 g/mol. The number of carbonyl (C=O) groups excluding carboxylic acids is 1. The fraction of sp³-hybridized carbons (Fsp3) is 0.545. The van der Waals surface area contributed by atoms with Crippen molar-refractivity contribution in [2.24, 2.45) is 7.05 Å². The summed E-state index contributed by atoms with van der Waals surface area (Å²) in [7, 11) is 3.64. The van der Waals surface area contributed by atoms with Gasteiger partial charge in [0, 0.05) is 32.2 Å². The van der Waals surface area contributed by atoms with Crippen LogP contribution in [0.15, 0.2) is 30.3 Å². The number of hydrogen-bond acceptors (Lipinski definition) is 4. The molecule has 2 heterocycles. The van der Waals surface area contributed by atoms with Gasteiger partial charge in [-0.05, 0) is 56.7 Å². The largest absolute Gasteiger partial charge is 0.497 e. The van der Waals surface area contributed by atoms with Crippen molar-refractivity contribution in [1.29, 1.82) is 0 Å². The lowest BCUT2D eigenvalue weighted by molar-refractivity contribution is 0.174. The average Bonchev–Trinajstić information content (AvgIpc) is 3.03. The number of urea groups is 1. The lowest BCUT2D eigenvalue weighted by atomic mass is 9.72. The minimum Gasteiger partial charge on any atom is -0.497 e. The first-order chi connectivity index (χ1) is 14.0. The number of rotatable bonds is 5. The topological polar surface area (TPSA) is 71.4 Å². The third kappa shape index (κ3) is 4.04. The summed E-state index contributed by atoms with van der Waals surface area (Å²) in [5, 5.41) is 10.9. The van der Waals surface area contributed by atoms with Crippen molar-refractivity contribution in [2.75, 3.05) is 25.1 Å². The number of methoxy groups -OCH3 is 1. The highest BCUT2D eigenvalue weighted by molar-refractivity contribution is 5.76. The van der Waals surface area contributed by atoms with Gasteiger partial charge in [0.15, 0.2) is 0 Å². The predicted molar refractivity (Wildman–Crippen MR) is 113 cm³/mol. The Labute approximate surface area is 172 Å². The van der Waals surface area contributed by atoms with E-state index in [-0.39, 0.29) is 17.6 Å². The fourth-order valence-electron chi connectivity index (χ4n) is 4.57. The number of aryl methyl sites for hydroxylation is 2. The number of anilines is 1. The Kier molecular flexibility index (Phi) is 5.39. The van der Waals surface area contributed by atoms with Crippen LogP contribution in [0.5, 0.6) is 5.75 Å². The molecular formula is C22H31N5O2. The van der Waals surface area contributed by atoms with Gasteiger partial charge in [0.2, 0.25) is 0 Å². The van der Waals surface area contributed by atoms with Crippen LogP contribution >= 0.6 is 0 Å². The Balaban J connectivity index is 1.40. The first-order valence-corrected chi connectivity index (χ1v) is 10.5. The van der Waals surface area contributed by atoms with Crippen molar-refractivity contribution >= 4 is 11.8 Å². The van der Waals surface area contributed by atoms with E-state index in [4.69, 9.17) is 4.74 Å². The number of amides is 2. The SMILES string of the molecule is COc1cccc(C2(NC(=O)NC3CCCN(c4cc(C)nn4C)C3)CCC2)c1. The van der Waals surface area contributed by atoms with Gasteiger partial charge >= 0.3 is 6.03 Å². The number of aromatic nitrogens is 2. The van der Waals surface area contributed by atoms with Crippen LogP contribution in [0.25, 0.3) is 0 Å². The van der Waals surface area contributed by atoms with Gasteiger partial charge in [-0.1, -0.05) is 12.1 Å². The molecule has 1 aliphatic carbocycles. The molecule has 1 aromatic heterocycles. The molecular weight excluding hydrogens is 366 g/mol. The van der Waals surface area contributed by atoms with E-state index in [2.05, 4.69) is 32.8 Å². The molecule has 2 fully saturated rings. The number of nitrogens with one attached hydrogen (secondary N) is 2. The first-order valence-electron chi connectivity index (χ1n) is 10.5. The number of benzene rings is 1. The Hall–Kier alpha value is -2.70. The molecule has 7 heteroatoms. The van der Waals surface area contributed by atoms with Crippen LogP contribution in [-0.4, -0.2) is 42.1 Å². The van der Waals surface area contributed by atoms with Gasteiger partial charge in [-0.3, -0.25) is 4.68 Å². The van der Waals surface area contributed by atoms with Crippen molar-refractivity contribution in [3.63, 3.8) is 0 Å². The molecule has 7 nitrogen and oxygen atoms in total. The van der Waals surface area contributed by atoms with Crippen LogP contribution in [0.1, 0.15) is 43.4 Å². The molecule has 0 bridgehead atoms. The Morgan fingerprint density at radius 2 is 2.10 bits per heavy atom. The summed E-state index contributed by atoms with van der Waals surface area (Å²) >= 11 is 0. The number of piperidine rings is 1. The van der Waals surface area contributed by atoms with Crippen LogP contribution in [0, 0.1) is 6.92 Å². The van der Waals surface area contributed by atoms with Crippen LogP contribution in [0.2, 0.25) is 0 Å². The smallest absolute Gasteiger partial charge is 0.315 e. The lowest BCUT2D eigenvalue weighted by Crippen LogP contribution is -2.57. The third-order valence-electron chi connectivity index (χ3n) is 6.24. The second kappa shape index (κ2) is 7.97. The summed E-state index contributed by atoms with van der Waals surface area (Å²) in [4.78, 5) is 15.2. The van der Waals surface area contributed by atoms with Gasteiger partial charge in [-0.2, -0.15) is 5.10 Å². The molecule has 2 amide bonds. The van der Waals surface area contributed by atoms with E-state index >= 15 is 0 Å². The van der Waals surface area contributed by atoms with Crippen LogP contribution in [0.4, 0.5) is 10.6 Å². The van der Waals surface area contributed by atoms with E-state index < -0.39 is 0 Å². The molecule has 1 saturated heterocycles. The monoisotopic (exact) mass is 397 g/mol. The quantitative estimate of drug-likeness (QED) is 0.813. The van der Waals surface area contributed by atoms with Gasteiger partial charge in [0.05, 0.1) is 18.3 Å². The van der Waals surface area contributed by atoms with Crippen molar-refractivity contribution in [1.82, 2.24) is 20.4 Å². The Morgan fingerprint density at radius 1 is 1.28 bits per heavy atom. The zero-order chi connectivity index (χ0) is 20.4. The molecule has 156 valence electrons. The maximum Gasteiger partial charge on any atom is 0.315 e. The van der Waals surface area contributed by atoms with Gasteiger partial charge in [-0.25, -0.2) is 4.79 Å². The van der Waals surface area contributed by atoms with Crippen molar-refractivity contribution in [3.05, 3.63) is 41.6 Å². The summed E-state index contributed by atoms with van der Waals surface area (Å²) in [6.45, 7) is 3.80. The molecule has 1 aliphatic heterocycles. The van der Waals surface area contributed by atoms with Gasteiger partial charge in [-0.15, -0.1) is 0 Å². The summed E-state index contributed by atoms with van der Waals surface area (Å²) < 4.78 is 7.29. The van der Waals surface area contributed by atoms with E-state index in [1.165, 1.54) is 0 Å². The van der Waals surface area contributed by atoms with Crippen molar-refractivity contribution in [2.45, 2.75) is 50.6 Å². The molecule has 2 N–H and O–H groups in total. The number of hydrogen-bond donors (Lipinski definition) is 2. The van der Waals surface area contributed by atoms with Crippen LogP contribution in [0.3, 0.4) is 0 Å². The van der Waals surface area contributed by atoms with E-state index in [1.54, 1.807) is 7.11 Å². The van der Waals surface area contributed by atoms with Gasteiger partial charge in [0.25, 0.3) is 0 Å².